The van der Waals surface area contributed by atoms with Crippen LogP contribution in [-0.2, 0) is 13.0 Å². The van der Waals surface area contributed by atoms with Gasteiger partial charge in [-0.2, -0.15) is 4.98 Å². The minimum atomic E-state index is -0.230. The molecule has 0 amide bonds. The minimum absolute atomic E-state index is 0.230. The Hall–Kier alpha value is -2.17. The molecule has 1 aromatic heterocycles. The van der Waals surface area contributed by atoms with Crippen molar-refractivity contribution in [3.05, 3.63) is 47.5 Å². The fourth-order valence-electron chi connectivity index (χ4n) is 1.65. The fraction of sp³-hybridized carbons (Fsp3) is 0.286. The molecule has 100 valence electrons. The van der Waals surface area contributed by atoms with E-state index in [-0.39, 0.29) is 5.82 Å². The zero-order valence-electron chi connectivity index (χ0n) is 11.0. The van der Waals surface area contributed by atoms with Crippen molar-refractivity contribution in [1.29, 1.82) is 0 Å². The van der Waals surface area contributed by atoms with E-state index >= 15 is 0 Å². The number of aromatic nitrogens is 2. The molecule has 0 aliphatic rings. The molecule has 5 heteroatoms. The summed E-state index contributed by atoms with van der Waals surface area (Å²) in [6.07, 6.45) is 0.714. The fourth-order valence-corrected chi connectivity index (χ4v) is 1.65. The molecule has 1 aromatic carbocycles. The van der Waals surface area contributed by atoms with Crippen molar-refractivity contribution in [1.82, 2.24) is 9.97 Å². The van der Waals surface area contributed by atoms with Crippen molar-refractivity contribution < 1.29 is 9.13 Å². The van der Waals surface area contributed by atoms with Crippen LogP contribution in [0.5, 0.6) is 5.88 Å². The first kappa shape index (κ1) is 13.3. The summed E-state index contributed by atoms with van der Waals surface area (Å²) in [7, 11) is 1.56. The zero-order valence-corrected chi connectivity index (χ0v) is 11.0. The first-order valence-corrected chi connectivity index (χ1v) is 6.12. The number of aryl methyl sites for hydroxylation is 1. The lowest BCUT2D eigenvalue weighted by molar-refractivity contribution is 0.395. The van der Waals surface area contributed by atoms with Crippen LogP contribution >= 0.6 is 0 Å². The largest absolute Gasteiger partial charge is 0.481 e. The van der Waals surface area contributed by atoms with E-state index in [1.165, 1.54) is 6.07 Å². The number of hydrogen-bond acceptors (Lipinski definition) is 4. The van der Waals surface area contributed by atoms with E-state index in [0.717, 1.165) is 0 Å². The van der Waals surface area contributed by atoms with Gasteiger partial charge in [0.25, 0.3) is 0 Å². The number of anilines is 1. The SMILES string of the molecule is CCc1nc(NCc2ccccc2F)cc(OC)n1. The molecule has 0 unspecified atom stereocenters. The van der Waals surface area contributed by atoms with Gasteiger partial charge >= 0.3 is 0 Å². The maximum Gasteiger partial charge on any atom is 0.218 e. The van der Waals surface area contributed by atoms with Gasteiger partial charge in [-0.05, 0) is 6.07 Å². The highest BCUT2D eigenvalue weighted by atomic mass is 19.1. The van der Waals surface area contributed by atoms with Crippen LogP contribution in [0.2, 0.25) is 0 Å². The lowest BCUT2D eigenvalue weighted by Gasteiger charge is -2.09. The van der Waals surface area contributed by atoms with Crippen molar-refractivity contribution in [2.45, 2.75) is 19.9 Å². The average Bonchev–Trinajstić information content (AvgIpc) is 2.46. The van der Waals surface area contributed by atoms with Gasteiger partial charge in [-0.1, -0.05) is 25.1 Å². The molecule has 2 aromatic rings. The number of hydrogen-bond donors (Lipinski definition) is 1. The van der Waals surface area contributed by atoms with Crippen LogP contribution in [0.4, 0.5) is 10.2 Å². The Morgan fingerprint density at radius 1 is 1.26 bits per heavy atom. The number of nitrogens with one attached hydrogen (secondary N) is 1. The van der Waals surface area contributed by atoms with Gasteiger partial charge in [0, 0.05) is 24.6 Å². The molecular weight excluding hydrogens is 245 g/mol. The zero-order chi connectivity index (χ0) is 13.7. The molecule has 0 spiro atoms. The quantitative estimate of drug-likeness (QED) is 0.899. The van der Waals surface area contributed by atoms with Gasteiger partial charge in [0.1, 0.15) is 17.5 Å². The molecule has 0 aliphatic heterocycles. The van der Waals surface area contributed by atoms with Crippen molar-refractivity contribution in [2.75, 3.05) is 12.4 Å². The Kier molecular flexibility index (Phi) is 4.28. The van der Waals surface area contributed by atoms with Crippen LogP contribution in [-0.4, -0.2) is 17.1 Å². The maximum absolute atomic E-state index is 13.5. The average molecular weight is 261 g/mol. The van der Waals surface area contributed by atoms with Crippen molar-refractivity contribution in [3.8, 4) is 5.88 Å². The second kappa shape index (κ2) is 6.13. The third kappa shape index (κ3) is 3.40. The highest BCUT2D eigenvalue weighted by Gasteiger charge is 2.05. The Morgan fingerprint density at radius 3 is 2.74 bits per heavy atom. The molecular formula is C14H16FN3O. The second-order valence-corrected chi connectivity index (χ2v) is 4.01. The van der Waals surface area contributed by atoms with E-state index in [2.05, 4.69) is 15.3 Å². The Morgan fingerprint density at radius 2 is 2.05 bits per heavy atom. The third-order valence-electron chi connectivity index (χ3n) is 2.69. The molecule has 0 radical (unpaired) electrons. The van der Waals surface area contributed by atoms with Gasteiger partial charge in [0.05, 0.1) is 7.11 Å². The summed E-state index contributed by atoms with van der Waals surface area (Å²) in [6.45, 7) is 2.34. The third-order valence-corrected chi connectivity index (χ3v) is 2.69. The van der Waals surface area contributed by atoms with Crippen LogP contribution < -0.4 is 10.1 Å². The first-order chi connectivity index (χ1) is 9.22. The smallest absolute Gasteiger partial charge is 0.218 e. The van der Waals surface area contributed by atoms with Crippen LogP contribution in [0.3, 0.4) is 0 Å². The minimum Gasteiger partial charge on any atom is -0.481 e. The molecule has 1 N–H and O–H groups in total. The van der Waals surface area contributed by atoms with E-state index < -0.39 is 0 Å². The monoisotopic (exact) mass is 261 g/mol. The van der Waals surface area contributed by atoms with Crippen molar-refractivity contribution in [3.63, 3.8) is 0 Å². The summed E-state index contributed by atoms with van der Waals surface area (Å²) in [5, 5.41) is 3.08. The Balaban J connectivity index is 2.13. The maximum atomic E-state index is 13.5. The summed E-state index contributed by atoms with van der Waals surface area (Å²) in [5.41, 5.74) is 0.595. The predicted molar refractivity (Wildman–Crippen MR) is 71.7 cm³/mol. The predicted octanol–water partition coefficient (Wildman–Crippen LogP) is 2.80. The first-order valence-electron chi connectivity index (χ1n) is 6.12. The van der Waals surface area contributed by atoms with Gasteiger partial charge in [-0.15, -0.1) is 0 Å². The van der Waals surface area contributed by atoms with Gasteiger partial charge < -0.3 is 10.1 Å². The molecule has 2 rings (SSSR count). The Bertz CT molecular complexity index is 538. The summed E-state index contributed by atoms with van der Waals surface area (Å²) in [5.74, 6) is 1.59. The van der Waals surface area contributed by atoms with E-state index in [0.29, 0.717) is 36.1 Å². The van der Waals surface area contributed by atoms with Gasteiger partial charge in [-0.25, -0.2) is 9.37 Å². The molecule has 0 bridgehead atoms. The highest BCUT2D eigenvalue weighted by Crippen LogP contribution is 2.15. The van der Waals surface area contributed by atoms with Gasteiger partial charge in [0.2, 0.25) is 5.88 Å². The second-order valence-electron chi connectivity index (χ2n) is 4.01. The van der Waals surface area contributed by atoms with Gasteiger partial charge in [0.15, 0.2) is 0 Å². The van der Waals surface area contributed by atoms with Gasteiger partial charge in [-0.3, -0.25) is 0 Å². The summed E-state index contributed by atoms with van der Waals surface area (Å²) < 4.78 is 18.6. The Labute approximate surface area is 111 Å². The molecule has 0 aliphatic carbocycles. The number of ether oxygens (including phenoxy) is 1. The number of nitrogens with zero attached hydrogens (tertiary/aromatic N) is 2. The molecule has 19 heavy (non-hydrogen) atoms. The molecule has 0 saturated carbocycles. The number of methoxy groups -OCH3 is 1. The molecule has 0 saturated heterocycles. The normalized spacial score (nSPS) is 10.3. The van der Waals surface area contributed by atoms with Crippen LogP contribution in [0.1, 0.15) is 18.3 Å². The van der Waals surface area contributed by atoms with Crippen LogP contribution in [0.15, 0.2) is 30.3 Å². The van der Waals surface area contributed by atoms with E-state index in [4.69, 9.17) is 4.74 Å². The highest BCUT2D eigenvalue weighted by molar-refractivity contribution is 5.39. The standard InChI is InChI=1S/C14H16FN3O/c1-3-12-17-13(8-14(18-12)19-2)16-9-10-6-4-5-7-11(10)15/h4-8H,3,9H2,1-2H3,(H,16,17,18). The topological polar surface area (TPSA) is 47.0 Å². The lowest BCUT2D eigenvalue weighted by atomic mass is 10.2. The van der Waals surface area contributed by atoms with Crippen molar-refractivity contribution in [2.24, 2.45) is 0 Å². The van der Waals surface area contributed by atoms with Crippen molar-refractivity contribution >= 4 is 5.82 Å². The summed E-state index contributed by atoms with van der Waals surface area (Å²) >= 11 is 0. The number of rotatable bonds is 5. The van der Waals surface area contributed by atoms with Crippen LogP contribution in [0, 0.1) is 5.82 Å². The van der Waals surface area contributed by atoms with E-state index in [1.54, 1.807) is 31.4 Å². The number of halogens is 1. The van der Waals surface area contributed by atoms with Crippen LogP contribution in [0.25, 0.3) is 0 Å². The molecule has 0 fully saturated rings. The summed E-state index contributed by atoms with van der Waals surface area (Å²) in [6, 6.07) is 8.34. The molecule has 0 atom stereocenters. The molecule has 4 nitrogen and oxygen atoms in total. The summed E-state index contributed by atoms with van der Waals surface area (Å²) in [4.78, 5) is 8.52. The lowest BCUT2D eigenvalue weighted by Crippen LogP contribution is -2.06. The molecule has 1 heterocycles. The number of benzene rings is 1. The van der Waals surface area contributed by atoms with E-state index in [1.807, 2.05) is 6.92 Å². The van der Waals surface area contributed by atoms with E-state index in [9.17, 15) is 4.39 Å².